The number of benzene rings is 2. The molecule has 5 nitrogen and oxygen atoms in total. The number of rotatable bonds is 5. The maximum absolute atomic E-state index is 13.7. The quantitative estimate of drug-likeness (QED) is 0.281. The van der Waals surface area contributed by atoms with Crippen molar-refractivity contribution in [2.45, 2.75) is 5.16 Å². The van der Waals surface area contributed by atoms with Crippen LogP contribution in [0.2, 0.25) is 0 Å². The molecule has 2 aliphatic rings. The van der Waals surface area contributed by atoms with Gasteiger partial charge in [0.15, 0.2) is 5.82 Å². The van der Waals surface area contributed by atoms with Crippen LogP contribution in [0, 0.1) is 11.7 Å². The fourth-order valence-electron chi connectivity index (χ4n) is 4.17. The van der Waals surface area contributed by atoms with Gasteiger partial charge in [-0.2, -0.15) is 0 Å². The van der Waals surface area contributed by atoms with Gasteiger partial charge < -0.3 is 0 Å². The molecule has 36 heavy (non-hydrogen) atoms. The number of halogens is 2. The third-order valence-corrected chi connectivity index (χ3v) is 7.94. The van der Waals surface area contributed by atoms with Crippen LogP contribution in [-0.2, 0) is 4.79 Å². The fraction of sp³-hybridized carbons (Fsp3) is 0.0370. The Labute approximate surface area is 219 Å². The number of hydrogen-bond acceptors (Lipinski definition) is 5. The highest BCUT2D eigenvalue weighted by molar-refractivity contribution is 8.04. The molecule has 9 heteroatoms. The summed E-state index contributed by atoms with van der Waals surface area (Å²) in [7, 11) is 0. The van der Waals surface area contributed by atoms with Crippen LogP contribution in [0.25, 0.3) is 22.0 Å². The second-order valence-corrected chi connectivity index (χ2v) is 10.4. The number of fused-ring (bicyclic) bond motifs is 1. The molecular weight excluding hydrogens is 515 g/mol. The SMILES string of the molecule is O=C1N=C2C=CC(Cl)=CC2C(c2ccccc2)=C1Sc1nnc(-c2cccs2)n1-c1ccc(F)cc1. The average molecular weight is 531 g/mol. The maximum atomic E-state index is 13.7. The van der Waals surface area contributed by atoms with E-state index in [4.69, 9.17) is 11.6 Å². The van der Waals surface area contributed by atoms with Gasteiger partial charge in [0, 0.05) is 16.6 Å². The second-order valence-electron chi connectivity index (χ2n) is 8.01. The summed E-state index contributed by atoms with van der Waals surface area (Å²) in [6.07, 6.45) is 5.42. The standard InChI is InChI=1S/C27H16ClFN4OS2/c28-17-8-13-21-20(15-17)23(16-5-2-1-3-6-16)24(26(34)30-21)36-27-32-31-25(22-7-4-14-35-22)33(27)19-11-9-18(29)10-12-19/h1-15,20H. The molecule has 1 aliphatic carbocycles. The number of aromatic nitrogens is 3. The number of amides is 1. The lowest BCUT2D eigenvalue weighted by Gasteiger charge is -2.26. The molecule has 1 aliphatic heterocycles. The molecule has 2 aromatic heterocycles. The summed E-state index contributed by atoms with van der Waals surface area (Å²) in [4.78, 5) is 19.1. The molecule has 0 saturated heterocycles. The van der Waals surface area contributed by atoms with E-state index in [9.17, 15) is 9.18 Å². The van der Waals surface area contributed by atoms with Gasteiger partial charge in [-0.1, -0.05) is 54.1 Å². The minimum absolute atomic E-state index is 0.274. The molecule has 3 heterocycles. The van der Waals surface area contributed by atoms with Gasteiger partial charge >= 0.3 is 0 Å². The van der Waals surface area contributed by atoms with Crippen LogP contribution in [0.5, 0.6) is 0 Å². The third-order valence-electron chi connectivity index (χ3n) is 5.78. The topological polar surface area (TPSA) is 60.1 Å². The second kappa shape index (κ2) is 9.46. The van der Waals surface area contributed by atoms with Gasteiger partial charge in [0.1, 0.15) is 5.82 Å². The van der Waals surface area contributed by atoms with Crippen molar-refractivity contribution >= 4 is 51.9 Å². The zero-order chi connectivity index (χ0) is 24.6. The van der Waals surface area contributed by atoms with Crippen molar-refractivity contribution < 1.29 is 9.18 Å². The van der Waals surface area contributed by atoms with Crippen molar-refractivity contribution in [3.8, 4) is 16.4 Å². The molecule has 0 fully saturated rings. The lowest BCUT2D eigenvalue weighted by atomic mass is 9.84. The zero-order valence-electron chi connectivity index (χ0n) is 18.5. The van der Waals surface area contributed by atoms with E-state index in [1.54, 1.807) is 24.3 Å². The molecule has 176 valence electrons. The summed E-state index contributed by atoms with van der Waals surface area (Å²) in [5.74, 6) is -0.361. The van der Waals surface area contributed by atoms with Gasteiger partial charge in [-0.15, -0.1) is 21.5 Å². The highest BCUT2D eigenvalue weighted by atomic mass is 35.5. The molecule has 1 unspecified atom stereocenters. The molecule has 4 aromatic rings. The van der Waals surface area contributed by atoms with E-state index < -0.39 is 0 Å². The maximum Gasteiger partial charge on any atom is 0.284 e. The lowest BCUT2D eigenvalue weighted by molar-refractivity contribution is -0.113. The van der Waals surface area contributed by atoms with Gasteiger partial charge in [-0.05, 0) is 70.8 Å². The molecule has 2 aromatic carbocycles. The lowest BCUT2D eigenvalue weighted by Crippen LogP contribution is -2.23. The highest BCUT2D eigenvalue weighted by Crippen LogP contribution is 2.43. The Balaban J connectivity index is 1.53. The van der Waals surface area contributed by atoms with Crippen molar-refractivity contribution in [3.63, 3.8) is 0 Å². The van der Waals surface area contributed by atoms with Crippen LogP contribution in [-0.4, -0.2) is 26.4 Å². The highest BCUT2D eigenvalue weighted by Gasteiger charge is 2.34. The van der Waals surface area contributed by atoms with E-state index in [1.165, 1.54) is 35.2 Å². The van der Waals surface area contributed by atoms with Crippen LogP contribution in [0.1, 0.15) is 5.56 Å². The Morgan fingerprint density at radius 3 is 2.53 bits per heavy atom. The smallest absolute Gasteiger partial charge is 0.269 e. The number of carbonyl (C=O) groups excluding carboxylic acids is 1. The largest absolute Gasteiger partial charge is 0.284 e. The minimum Gasteiger partial charge on any atom is -0.269 e. The summed E-state index contributed by atoms with van der Waals surface area (Å²) in [5.41, 5.74) is 3.04. The summed E-state index contributed by atoms with van der Waals surface area (Å²) >= 11 is 9.09. The van der Waals surface area contributed by atoms with Crippen LogP contribution in [0.3, 0.4) is 0 Å². The van der Waals surface area contributed by atoms with Gasteiger partial charge in [0.25, 0.3) is 5.91 Å². The first-order valence-corrected chi connectivity index (χ1v) is 13.1. The molecular formula is C27H16ClFN4OS2. The monoisotopic (exact) mass is 530 g/mol. The summed E-state index contributed by atoms with van der Waals surface area (Å²) in [6.45, 7) is 0. The first-order valence-electron chi connectivity index (χ1n) is 11.0. The predicted molar refractivity (Wildman–Crippen MR) is 143 cm³/mol. The van der Waals surface area contributed by atoms with Crippen LogP contribution in [0.15, 0.2) is 110 Å². The Morgan fingerprint density at radius 2 is 1.78 bits per heavy atom. The van der Waals surface area contributed by atoms with E-state index in [-0.39, 0.29) is 17.6 Å². The minimum atomic E-state index is -0.354. The number of hydrogen-bond donors (Lipinski definition) is 0. The van der Waals surface area contributed by atoms with Gasteiger partial charge in [-0.25, -0.2) is 9.38 Å². The van der Waals surface area contributed by atoms with Crippen molar-refractivity contribution in [1.82, 2.24) is 14.8 Å². The van der Waals surface area contributed by atoms with Crippen molar-refractivity contribution in [3.05, 3.63) is 112 Å². The van der Waals surface area contributed by atoms with Gasteiger partial charge in [0.2, 0.25) is 5.16 Å². The first-order chi connectivity index (χ1) is 17.6. The van der Waals surface area contributed by atoms with E-state index in [0.717, 1.165) is 16.0 Å². The average Bonchev–Trinajstić information content (AvgIpc) is 3.56. The summed E-state index contributed by atoms with van der Waals surface area (Å²) < 4.78 is 15.6. The number of carbonyl (C=O) groups is 1. The Hall–Kier alpha value is -3.59. The number of dihydropyridines is 1. The molecule has 0 N–H and O–H groups in total. The van der Waals surface area contributed by atoms with E-state index >= 15 is 0 Å². The molecule has 0 bridgehead atoms. The molecule has 6 rings (SSSR count). The molecule has 0 spiro atoms. The van der Waals surface area contributed by atoms with E-state index in [2.05, 4.69) is 15.2 Å². The Kier molecular flexibility index (Phi) is 6.00. The first kappa shape index (κ1) is 22.8. The van der Waals surface area contributed by atoms with Crippen molar-refractivity contribution in [2.75, 3.05) is 0 Å². The summed E-state index contributed by atoms with van der Waals surface area (Å²) in [5, 5.41) is 11.9. The van der Waals surface area contributed by atoms with Gasteiger partial charge in [0.05, 0.1) is 15.5 Å². The Bertz CT molecular complexity index is 1590. The van der Waals surface area contributed by atoms with Crippen LogP contribution >= 0.6 is 34.7 Å². The third kappa shape index (κ3) is 4.17. The van der Waals surface area contributed by atoms with Gasteiger partial charge in [-0.3, -0.25) is 9.36 Å². The van der Waals surface area contributed by atoms with E-state index in [1.807, 2.05) is 58.5 Å². The number of nitrogens with zero attached hydrogens (tertiary/aromatic N) is 4. The number of aliphatic imine (C=N–C) groups is 1. The molecule has 1 atom stereocenters. The van der Waals surface area contributed by atoms with Crippen molar-refractivity contribution in [1.29, 1.82) is 0 Å². The molecule has 0 radical (unpaired) electrons. The zero-order valence-corrected chi connectivity index (χ0v) is 20.9. The van der Waals surface area contributed by atoms with Crippen LogP contribution in [0.4, 0.5) is 4.39 Å². The number of thiophene rings is 1. The number of allylic oxidation sites excluding steroid dienone is 5. The Morgan fingerprint density at radius 1 is 0.972 bits per heavy atom. The fourth-order valence-corrected chi connectivity index (χ4v) is 6.10. The molecule has 1 amide bonds. The van der Waals surface area contributed by atoms with Crippen molar-refractivity contribution in [2.24, 2.45) is 10.9 Å². The molecule has 0 saturated carbocycles. The predicted octanol–water partition coefficient (Wildman–Crippen LogP) is 6.93. The normalized spacial score (nSPS) is 17.2. The summed E-state index contributed by atoms with van der Waals surface area (Å²) in [6, 6.07) is 19.7. The number of thioether (sulfide) groups is 1. The van der Waals surface area contributed by atoms with Crippen LogP contribution < -0.4 is 0 Å². The van der Waals surface area contributed by atoms with E-state index in [0.29, 0.717) is 32.3 Å².